The Bertz CT molecular complexity index is 236. The van der Waals surface area contributed by atoms with E-state index < -0.39 is 0 Å². The molecule has 0 saturated carbocycles. The van der Waals surface area contributed by atoms with Crippen molar-refractivity contribution in [2.75, 3.05) is 53.6 Å². The topological polar surface area (TPSA) is 50.8 Å². The van der Waals surface area contributed by atoms with E-state index in [9.17, 15) is 4.79 Å². The van der Waals surface area contributed by atoms with Crippen molar-refractivity contribution in [3.8, 4) is 0 Å². The molecule has 1 heterocycles. The van der Waals surface area contributed by atoms with E-state index in [1.807, 2.05) is 0 Å². The van der Waals surface area contributed by atoms with E-state index in [2.05, 4.69) is 15.0 Å². The number of piperidine rings is 1. The fraction of sp³-hybridized carbons (Fsp3) is 0.923. The Balaban J connectivity index is 2.13. The lowest BCUT2D eigenvalue weighted by Gasteiger charge is -2.32. The Labute approximate surface area is 110 Å². The number of nitrogens with zero attached hydrogens (tertiary/aromatic N) is 1. The molecule has 0 aromatic heterocycles. The maximum absolute atomic E-state index is 11.1. The zero-order valence-electron chi connectivity index (χ0n) is 11.6. The van der Waals surface area contributed by atoms with E-state index >= 15 is 0 Å². The van der Waals surface area contributed by atoms with Gasteiger partial charge in [0.15, 0.2) is 0 Å². The number of carbonyl (C=O) groups is 1. The maximum Gasteiger partial charge on any atom is 0.306 e. The highest BCUT2D eigenvalue weighted by Crippen LogP contribution is 2.15. The minimum absolute atomic E-state index is 0.115. The number of hydrogen-bond donors (Lipinski definition) is 1. The summed E-state index contributed by atoms with van der Waals surface area (Å²) in [5.74, 6) is 0.573. The van der Waals surface area contributed by atoms with Gasteiger partial charge in [-0.1, -0.05) is 0 Å². The van der Waals surface area contributed by atoms with Gasteiger partial charge < -0.3 is 19.7 Å². The summed E-state index contributed by atoms with van der Waals surface area (Å²) < 4.78 is 9.67. The summed E-state index contributed by atoms with van der Waals surface area (Å²) >= 11 is 0. The normalized spacial score (nSPS) is 20.9. The van der Waals surface area contributed by atoms with Crippen molar-refractivity contribution >= 4 is 5.97 Å². The molecule has 0 bridgehead atoms. The Morgan fingerprint density at radius 1 is 1.44 bits per heavy atom. The van der Waals surface area contributed by atoms with Crippen LogP contribution in [0.15, 0.2) is 0 Å². The minimum Gasteiger partial charge on any atom is -0.469 e. The number of likely N-dealkylation sites (tertiary alicyclic amines) is 1. The van der Waals surface area contributed by atoms with Crippen LogP contribution in [0.4, 0.5) is 0 Å². The number of hydrogen-bond acceptors (Lipinski definition) is 5. The third-order valence-corrected chi connectivity index (χ3v) is 3.38. The van der Waals surface area contributed by atoms with Crippen LogP contribution < -0.4 is 5.32 Å². The van der Waals surface area contributed by atoms with Gasteiger partial charge >= 0.3 is 5.97 Å². The first kappa shape index (κ1) is 15.4. The van der Waals surface area contributed by atoms with Crippen LogP contribution in [0.25, 0.3) is 0 Å². The van der Waals surface area contributed by atoms with E-state index in [1.165, 1.54) is 20.0 Å². The number of nitrogens with one attached hydrogen (secondary N) is 1. The van der Waals surface area contributed by atoms with Gasteiger partial charge in [0, 0.05) is 26.7 Å². The fourth-order valence-electron chi connectivity index (χ4n) is 2.35. The van der Waals surface area contributed by atoms with Gasteiger partial charge in [-0.15, -0.1) is 0 Å². The first-order valence-electron chi connectivity index (χ1n) is 6.75. The number of rotatable bonds is 8. The highest BCUT2D eigenvalue weighted by Gasteiger charge is 2.19. The summed E-state index contributed by atoms with van der Waals surface area (Å²) in [6.07, 6.45) is 2.99. The Hall–Kier alpha value is -0.650. The molecule has 1 fully saturated rings. The maximum atomic E-state index is 11.1. The van der Waals surface area contributed by atoms with Crippen LogP contribution in [0.3, 0.4) is 0 Å². The monoisotopic (exact) mass is 258 g/mol. The van der Waals surface area contributed by atoms with E-state index in [-0.39, 0.29) is 5.97 Å². The summed E-state index contributed by atoms with van der Waals surface area (Å²) in [5, 5.41) is 3.41. The molecule has 1 atom stereocenters. The molecule has 1 aliphatic heterocycles. The average molecular weight is 258 g/mol. The van der Waals surface area contributed by atoms with Crippen LogP contribution in [0.1, 0.15) is 19.3 Å². The first-order chi connectivity index (χ1) is 8.76. The van der Waals surface area contributed by atoms with Crippen molar-refractivity contribution in [3.05, 3.63) is 0 Å². The molecule has 0 aromatic rings. The Morgan fingerprint density at radius 2 is 2.28 bits per heavy atom. The second-order valence-electron chi connectivity index (χ2n) is 4.83. The lowest BCUT2D eigenvalue weighted by Crippen LogP contribution is -2.41. The fourth-order valence-corrected chi connectivity index (χ4v) is 2.35. The standard InChI is InChI=1S/C13H26N2O3/c1-17-9-6-14-10-12-4-3-7-15(11-12)8-5-13(16)18-2/h12,14H,3-11H2,1-2H3. The second kappa shape index (κ2) is 9.30. The van der Waals surface area contributed by atoms with Gasteiger partial charge in [0.2, 0.25) is 0 Å². The Kier molecular flexibility index (Phi) is 7.96. The van der Waals surface area contributed by atoms with E-state index in [0.717, 1.165) is 39.3 Å². The predicted octanol–water partition coefficient (Wildman–Crippen LogP) is 0.498. The number of methoxy groups -OCH3 is 2. The van der Waals surface area contributed by atoms with E-state index in [0.29, 0.717) is 12.3 Å². The molecular weight excluding hydrogens is 232 g/mol. The van der Waals surface area contributed by atoms with Crippen molar-refractivity contribution in [2.24, 2.45) is 5.92 Å². The molecule has 1 aliphatic rings. The van der Waals surface area contributed by atoms with Crippen molar-refractivity contribution in [1.29, 1.82) is 0 Å². The molecule has 5 heteroatoms. The molecule has 1 rings (SSSR count). The average Bonchev–Trinajstić information content (AvgIpc) is 2.41. The van der Waals surface area contributed by atoms with Crippen LogP contribution in [-0.2, 0) is 14.3 Å². The van der Waals surface area contributed by atoms with Crippen molar-refractivity contribution in [3.63, 3.8) is 0 Å². The minimum atomic E-state index is -0.115. The number of esters is 1. The molecule has 106 valence electrons. The molecule has 0 amide bonds. The van der Waals surface area contributed by atoms with Crippen molar-refractivity contribution < 1.29 is 14.3 Å². The van der Waals surface area contributed by atoms with Crippen molar-refractivity contribution in [1.82, 2.24) is 10.2 Å². The van der Waals surface area contributed by atoms with Gasteiger partial charge in [0.05, 0.1) is 20.1 Å². The molecule has 18 heavy (non-hydrogen) atoms. The molecule has 1 unspecified atom stereocenters. The van der Waals surface area contributed by atoms with Crippen LogP contribution in [-0.4, -0.2) is 64.4 Å². The summed E-state index contributed by atoms with van der Waals surface area (Å²) in [6, 6.07) is 0. The van der Waals surface area contributed by atoms with Crippen LogP contribution in [0.2, 0.25) is 0 Å². The quantitative estimate of drug-likeness (QED) is 0.507. The molecule has 1 N–H and O–H groups in total. The van der Waals surface area contributed by atoms with Gasteiger partial charge in [0.1, 0.15) is 0 Å². The third kappa shape index (κ3) is 6.33. The molecule has 5 nitrogen and oxygen atoms in total. The lowest BCUT2D eigenvalue weighted by atomic mass is 9.98. The van der Waals surface area contributed by atoms with Gasteiger partial charge in [-0.3, -0.25) is 4.79 Å². The molecule has 0 aromatic carbocycles. The highest BCUT2D eigenvalue weighted by atomic mass is 16.5. The van der Waals surface area contributed by atoms with Crippen LogP contribution >= 0.6 is 0 Å². The van der Waals surface area contributed by atoms with E-state index in [4.69, 9.17) is 4.74 Å². The largest absolute Gasteiger partial charge is 0.469 e. The molecule has 0 aliphatic carbocycles. The first-order valence-corrected chi connectivity index (χ1v) is 6.75. The molecule has 1 saturated heterocycles. The Morgan fingerprint density at radius 3 is 3.00 bits per heavy atom. The van der Waals surface area contributed by atoms with Gasteiger partial charge in [-0.05, 0) is 31.8 Å². The SMILES string of the molecule is COCCNCC1CCCN(CCC(=O)OC)C1. The van der Waals surface area contributed by atoms with Crippen LogP contribution in [0, 0.1) is 5.92 Å². The zero-order chi connectivity index (χ0) is 13.2. The van der Waals surface area contributed by atoms with Crippen LogP contribution in [0.5, 0.6) is 0 Å². The van der Waals surface area contributed by atoms with Gasteiger partial charge in [0.25, 0.3) is 0 Å². The molecule has 0 radical (unpaired) electrons. The van der Waals surface area contributed by atoms with Crippen molar-refractivity contribution in [2.45, 2.75) is 19.3 Å². The predicted molar refractivity (Wildman–Crippen MR) is 70.5 cm³/mol. The zero-order valence-corrected chi connectivity index (χ0v) is 11.6. The smallest absolute Gasteiger partial charge is 0.306 e. The summed E-state index contributed by atoms with van der Waals surface area (Å²) in [6.45, 7) is 5.72. The molecule has 0 spiro atoms. The summed E-state index contributed by atoms with van der Waals surface area (Å²) in [5.41, 5.74) is 0. The summed E-state index contributed by atoms with van der Waals surface area (Å²) in [4.78, 5) is 13.5. The second-order valence-corrected chi connectivity index (χ2v) is 4.83. The lowest BCUT2D eigenvalue weighted by molar-refractivity contribution is -0.141. The summed E-state index contributed by atoms with van der Waals surface area (Å²) in [7, 11) is 3.16. The van der Waals surface area contributed by atoms with E-state index in [1.54, 1.807) is 7.11 Å². The number of carbonyl (C=O) groups excluding carboxylic acids is 1. The number of ether oxygens (including phenoxy) is 2. The highest BCUT2D eigenvalue weighted by molar-refractivity contribution is 5.69. The third-order valence-electron chi connectivity index (χ3n) is 3.38. The van der Waals surface area contributed by atoms with Gasteiger partial charge in [-0.2, -0.15) is 0 Å². The van der Waals surface area contributed by atoms with Gasteiger partial charge in [-0.25, -0.2) is 0 Å². The molecular formula is C13H26N2O3.